The number of carbonyl (C=O) groups excluding carboxylic acids is 1. The summed E-state index contributed by atoms with van der Waals surface area (Å²) in [6, 6.07) is 19.3. The van der Waals surface area contributed by atoms with Crippen molar-refractivity contribution in [2.45, 2.75) is 56.5 Å². The van der Waals surface area contributed by atoms with Gasteiger partial charge < -0.3 is 4.90 Å². The van der Waals surface area contributed by atoms with Crippen molar-refractivity contribution in [1.29, 1.82) is 0 Å². The first-order chi connectivity index (χ1) is 13.3. The van der Waals surface area contributed by atoms with Crippen LogP contribution in [0.4, 0.5) is 0 Å². The Morgan fingerprint density at radius 2 is 1.46 bits per heavy atom. The van der Waals surface area contributed by atoms with Gasteiger partial charge in [-0.15, -0.1) is 0 Å². The maximum atomic E-state index is 13.6. The van der Waals surface area contributed by atoms with Crippen molar-refractivity contribution >= 4 is 27.5 Å². The minimum Gasteiger partial charge on any atom is -0.334 e. The van der Waals surface area contributed by atoms with E-state index < -0.39 is 10.8 Å². The third kappa shape index (κ3) is 3.88. The predicted molar refractivity (Wildman–Crippen MR) is 116 cm³/mol. The Bertz CT molecular complexity index is 1010. The van der Waals surface area contributed by atoms with Gasteiger partial charge in [-0.25, -0.2) is 4.21 Å². The molecule has 3 aromatic carbocycles. The van der Waals surface area contributed by atoms with Gasteiger partial charge in [0.1, 0.15) is 0 Å². The van der Waals surface area contributed by atoms with Gasteiger partial charge in [0.15, 0.2) is 0 Å². The molecule has 3 aromatic rings. The lowest BCUT2D eigenvalue weighted by molar-refractivity contribution is 0.0642. The van der Waals surface area contributed by atoms with E-state index in [0.717, 1.165) is 16.3 Å². The van der Waals surface area contributed by atoms with Crippen LogP contribution in [0.2, 0.25) is 0 Å². The molecule has 0 saturated carbocycles. The summed E-state index contributed by atoms with van der Waals surface area (Å²) in [7, 11) is -1.43. The van der Waals surface area contributed by atoms with Gasteiger partial charge in [-0.2, -0.15) is 0 Å². The minimum atomic E-state index is -1.43. The van der Waals surface area contributed by atoms with Gasteiger partial charge in [0.05, 0.1) is 21.3 Å². The summed E-state index contributed by atoms with van der Waals surface area (Å²) in [5, 5.41) is 1.82. The first kappa shape index (κ1) is 20.3. The smallest absolute Gasteiger partial charge is 0.256 e. The maximum Gasteiger partial charge on any atom is 0.256 e. The number of carbonyl (C=O) groups is 1. The van der Waals surface area contributed by atoms with Crippen molar-refractivity contribution in [2.75, 3.05) is 0 Å². The van der Waals surface area contributed by atoms with Gasteiger partial charge in [0.25, 0.3) is 5.91 Å². The third-order valence-electron chi connectivity index (χ3n) is 4.89. The average Bonchev–Trinajstić information content (AvgIpc) is 2.66. The minimum absolute atomic E-state index is 0.0483. The molecule has 0 bridgehead atoms. The standard InChI is InChI=1S/C24H27NO2S/c1-16(2)25(17(3)4)24(26)23-21-9-7-6-8-19(21)12-15-22(23)28(27)20-13-10-18(5)11-14-20/h6-17H,1-5H3/t28-/m1/s1. The fraction of sp³-hybridized carbons (Fsp3) is 0.292. The van der Waals surface area contributed by atoms with Gasteiger partial charge >= 0.3 is 0 Å². The average molecular weight is 394 g/mol. The summed E-state index contributed by atoms with van der Waals surface area (Å²) >= 11 is 0. The van der Waals surface area contributed by atoms with Gasteiger partial charge in [-0.3, -0.25) is 4.79 Å². The Hall–Kier alpha value is -2.46. The number of aryl methyl sites for hydroxylation is 1. The SMILES string of the molecule is Cc1ccc([S@@](=O)c2ccc3ccccc3c2C(=O)N(C(C)C)C(C)C)cc1. The Labute approximate surface area is 169 Å². The second-order valence-corrected chi connectivity index (χ2v) is 9.09. The summed E-state index contributed by atoms with van der Waals surface area (Å²) in [6.07, 6.45) is 0. The van der Waals surface area contributed by atoms with Gasteiger partial charge in [0.2, 0.25) is 0 Å². The van der Waals surface area contributed by atoms with Crippen LogP contribution in [0.5, 0.6) is 0 Å². The highest BCUT2D eigenvalue weighted by Crippen LogP contribution is 2.30. The molecule has 0 unspecified atom stereocenters. The molecule has 28 heavy (non-hydrogen) atoms. The first-order valence-electron chi connectivity index (χ1n) is 9.64. The molecule has 0 aromatic heterocycles. The highest BCUT2D eigenvalue weighted by atomic mass is 32.2. The lowest BCUT2D eigenvalue weighted by Gasteiger charge is -2.32. The van der Waals surface area contributed by atoms with E-state index in [1.54, 1.807) is 0 Å². The molecule has 0 aliphatic rings. The number of nitrogens with zero attached hydrogens (tertiary/aromatic N) is 1. The summed E-state index contributed by atoms with van der Waals surface area (Å²) < 4.78 is 13.4. The fourth-order valence-electron chi connectivity index (χ4n) is 3.61. The Morgan fingerprint density at radius 1 is 0.857 bits per heavy atom. The van der Waals surface area contributed by atoms with Crippen LogP contribution in [-0.4, -0.2) is 27.1 Å². The number of fused-ring (bicyclic) bond motifs is 1. The Kier molecular flexibility index (Phi) is 5.99. The van der Waals surface area contributed by atoms with E-state index in [1.165, 1.54) is 0 Å². The van der Waals surface area contributed by atoms with E-state index in [0.29, 0.717) is 15.4 Å². The molecule has 3 rings (SSSR count). The third-order valence-corrected chi connectivity index (χ3v) is 6.33. The molecule has 0 aliphatic carbocycles. The molecule has 0 fully saturated rings. The summed E-state index contributed by atoms with van der Waals surface area (Å²) in [6.45, 7) is 10.1. The van der Waals surface area contributed by atoms with Crippen LogP contribution in [0.1, 0.15) is 43.6 Å². The highest BCUT2D eigenvalue weighted by Gasteiger charge is 2.27. The molecular formula is C24H27NO2S. The Balaban J connectivity index is 2.23. The predicted octanol–water partition coefficient (Wildman–Crippen LogP) is 5.57. The molecule has 1 atom stereocenters. The molecule has 0 radical (unpaired) electrons. The molecule has 0 saturated heterocycles. The van der Waals surface area contributed by atoms with Crippen LogP contribution in [0, 0.1) is 6.92 Å². The largest absolute Gasteiger partial charge is 0.334 e. The van der Waals surface area contributed by atoms with Crippen LogP contribution in [-0.2, 0) is 10.8 Å². The number of benzene rings is 3. The van der Waals surface area contributed by atoms with Crippen LogP contribution >= 0.6 is 0 Å². The van der Waals surface area contributed by atoms with Crippen molar-refractivity contribution in [3.8, 4) is 0 Å². The molecule has 4 heteroatoms. The van der Waals surface area contributed by atoms with E-state index >= 15 is 0 Å². The van der Waals surface area contributed by atoms with Crippen LogP contribution < -0.4 is 0 Å². The van der Waals surface area contributed by atoms with E-state index in [9.17, 15) is 9.00 Å². The first-order valence-corrected chi connectivity index (χ1v) is 10.8. The summed E-state index contributed by atoms with van der Waals surface area (Å²) in [5.74, 6) is -0.0720. The van der Waals surface area contributed by atoms with E-state index in [-0.39, 0.29) is 18.0 Å². The van der Waals surface area contributed by atoms with Crippen LogP contribution in [0.3, 0.4) is 0 Å². The van der Waals surface area contributed by atoms with E-state index in [4.69, 9.17) is 0 Å². The highest BCUT2D eigenvalue weighted by molar-refractivity contribution is 7.85. The summed E-state index contributed by atoms with van der Waals surface area (Å²) in [5.41, 5.74) is 1.65. The fourth-order valence-corrected chi connectivity index (χ4v) is 4.82. The van der Waals surface area contributed by atoms with Gasteiger partial charge in [-0.1, -0.05) is 48.0 Å². The van der Waals surface area contributed by atoms with E-state index in [2.05, 4.69) is 0 Å². The van der Waals surface area contributed by atoms with E-state index in [1.807, 2.05) is 100 Å². The zero-order valence-electron chi connectivity index (χ0n) is 17.1. The molecule has 0 N–H and O–H groups in total. The second kappa shape index (κ2) is 8.27. The molecule has 3 nitrogen and oxygen atoms in total. The van der Waals surface area contributed by atoms with Crippen LogP contribution in [0.15, 0.2) is 70.5 Å². The molecule has 1 amide bonds. The molecule has 0 heterocycles. The van der Waals surface area contributed by atoms with Crippen molar-refractivity contribution in [2.24, 2.45) is 0 Å². The zero-order valence-corrected chi connectivity index (χ0v) is 17.9. The summed E-state index contributed by atoms with van der Waals surface area (Å²) in [4.78, 5) is 16.8. The van der Waals surface area contributed by atoms with Gasteiger partial charge in [-0.05, 0) is 63.6 Å². The molecule has 0 spiro atoms. The lowest BCUT2D eigenvalue weighted by atomic mass is 10.0. The van der Waals surface area contributed by atoms with Crippen LogP contribution in [0.25, 0.3) is 10.8 Å². The molecule has 0 aliphatic heterocycles. The van der Waals surface area contributed by atoms with Crippen molar-refractivity contribution in [1.82, 2.24) is 4.90 Å². The normalized spacial score (nSPS) is 12.5. The number of hydrogen-bond acceptors (Lipinski definition) is 2. The van der Waals surface area contributed by atoms with Crippen molar-refractivity contribution in [3.05, 3.63) is 71.8 Å². The van der Waals surface area contributed by atoms with Crippen molar-refractivity contribution < 1.29 is 9.00 Å². The maximum absolute atomic E-state index is 13.6. The van der Waals surface area contributed by atoms with Gasteiger partial charge in [0, 0.05) is 17.0 Å². The quantitative estimate of drug-likeness (QED) is 0.568. The monoisotopic (exact) mass is 393 g/mol. The second-order valence-electron chi connectivity index (χ2n) is 7.64. The number of hydrogen-bond donors (Lipinski definition) is 0. The van der Waals surface area contributed by atoms with Crippen molar-refractivity contribution in [3.63, 3.8) is 0 Å². The molecular weight excluding hydrogens is 366 g/mol. The zero-order chi connectivity index (χ0) is 20.4. The number of rotatable bonds is 5. The topological polar surface area (TPSA) is 37.4 Å². The molecule has 146 valence electrons. The number of amides is 1. The Morgan fingerprint density at radius 3 is 2.07 bits per heavy atom. The lowest BCUT2D eigenvalue weighted by Crippen LogP contribution is -2.42.